The number of alkyl halides is 6. The molecule has 0 heterocycles. The van der Waals surface area contributed by atoms with Gasteiger partial charge in [-0.2, -0.15) is 0 Å². The summed E-state index contributed by atoms with van der Waals surface area (Å²) < 4.78 is 72.7. The van der Waals surface area contributed by atoms with Crippen molar-refractivity contribution in [1.82, 2.24) is 0 Å². The quantitative estimate of drug-likeness (QED) is 0.492. The first-order valence-corrected chi connectivity index (χ1v) is 7.44. The van der Waals surface area contributed by atoms with Crippen LogP contribution in [0.4, 0.5) is 22.0 Å². The van der Waals surface area contributed by atoms with E-state index in [1.165, 1.54) is 6.92 Å². The molecule has 0 aromatic rings. The Morgan fingerprint density at radius 1 is 0.842 bits per heavy atom. The third-order valence-corrected chi connectivity index (χ3v) is 5.65. The number of rotatable bonds is 2. The first-order valence-electron chi connectivity index (χ1n) is 6.52. The van der Waals surface area contributed by atoms with Gasteiger partial charge in [-0.05, 0) is 26.2 Å². The highest BCUT2D eigenvalue weighted by Crippen LogP contribution is 2.72. The third kappa shape index (κ3) is 1.80. The van der Waals surface area contributed by atoms with Gasteiger partial charge in [-0.15, -0.1) is 0 Å². The average Bonchev–Trinajstić information content (AvgIpc) is 2.08. The van der Waals surface area contributed by atoms with Gasteiger partial charge in [0.15, 0.2) is 0 Å². The molecule has 4 aliphatic carbocycles. The van der Waals surface area contributed by atoms with Gasteiger partial charge >= 0.3 is 0 Å². The molecule has 4 bridgehead atoms. The van der Waals surface area contributed by atoms with Crippen molar-refractivity contribution in [3.8, 4) is 0 Å². The van der Waals surface area contributed by atoms with Crippen molar-refractivity contribution in [3.63, 3.8) is 0 Å². The smallest absolute Gasteiger partial charge is 0.244 e. The summed E-state index contributed by atoms with van der Waals surface area (Å²) in [6.45, 7) is 1.25. The van der Waals surface area contributed by atoms with Gasteiger partial charge in [-0.1, -0.05) is 15.9 Å². The molecule has 4 saturated carbocycles. The zero-order chi connectivity index (χ0) is 14.3. The molecule has 4 aliphatic rings. The molecule has 1 unspecified atom stereocenters. The van der Waals surface area contributed by atoms with Crippen molar-refractivity contribution >= 4 is 15.9 Å². The van der Waals surface area contributed by atoms with Crippen LogP contribution >= 0.6 is 15.9 Å². The van der Waals surface area contributed by atoms with Gasteiger partial charge in [0.1, 0.15) is 17.0 Å². The van der Waals surface area contributed by atoms with E-state index in [0.29, 0.717) is 0 Å². The molecule has 0 aromatic carbocycles. The largest absolute Gasteiger partial charge is 0.265 e. The Morgan fingerprint density at radius 3 is 1.42 bits per heavy atom. The molecule has 0 N–H and O–H groups in total. The van der Waals surface area contributed by atoms with E-state index in [4.69, 9.17) is 0 Å². The van der Waals surface area contributed by atoms with Crippen molar-refractivity contribution in [2.45, 2.75) is 73.2 Å². The van der Waals surface area contributed by atoms with Gasteiger partial charge in [-0.3, -0.25) is 0 Å². The SMILES string of the molecule is CC(Br)C(F)(F)C12CC3(F)CC(F)(CC(F)(C3)C1)C2. The number of halogens is 6. The van der Waals surface area contributed by atoms with Gasteiger partial charge < -0.3 is 0 Å². The summed E-state index contributed by atoms with van der Waals surface area (Å²) in [7, 11) is 0. The topological polar surface area (TPSA) is 0 Å². The van der Waals surface area contributed by atoms with Crippen LogP contribution in [0, 0.1) is 5.41 Å². The number of hydrogen-bond donors (Lipinski definition) is 0. The lowest BCUT2D eigenvalue weighted by atomic mass is 9.44. The molecule has 0 saturated heterocycles. The Morgan fingerprint density at radius 2 is 1.16 bits per heavy atom. The molecule has 19 heavy (non-hydrogen) atoms. The van der Waals surface area contributed by atoms with E-state index >= 15 is 0 Å². The van der Waals surface area contributed by atoms with Crippen LogP contribution in [0.2, 0.25) is 0 Å². The van der Waals surface area contributed by atoms with Crippen molar-refractivity contribution in [3.05, 3.63) is 0 Å². The summed E-state index contributed by atoms with van der Waals surface area (Å²) >= 11 is 2.82. The molecule has 0 aromatic heterocycles. The maximum Gasteiger partial charge on any atom is 0.265 e. The van der Waals surface area contributed by atoms with Crippen LogP contribution in [-0.2, 0) is 0 Å². The fourth-order valence-corrected chi connectivity index (χ4v) is 5.53. The first kappa shape index (κ1) is 14.1. The minimum absolute atomic E-state index is 0.430. The Hall–Kier alpha value is 0.130. The minimum atomic E-state index is -3.32. The van der Waals surface area contributed by atoms with Crippen LogP contribution in [-0.4, -0.2) is 27.8 Å². The zero-order valence-corrected chi connectivity index (χ0v) is 12.2. The second kappa shape index (κ2) is 3.47. The van der Waals surface area contributed by atoms with Crippen LogP contribution in [0.5, 0.6) is 0 Å². The Bertz CT molecular complexity index is 368. The van der Waals surface area contributed by atoms with E-state index in [1.54, 1.807) is 0 Å². The van der Waals surface area contributed by atoms with Crippen molar-refractivity contribution in [2.75, 3.05) is 0 Å². The molecule has 0 nitrogen and oxygen atoms in total. The summed E-state index contributed by atoms with van der Waals surface area (Å²) in [5.41, 5.74) is -8.26. The van der Waals surface area contributed by atoms with Gasteiger partial charge in [0.05, 0.1) is 4.83 Å². The van der Waals surface area contributed by atoms with Crippen LogP contribution in [0.1, 0.15) is 45.4 Å². The highest BCUT2D eigenvalue weighted by atomic mass is 79.9. The molecular formula is C13H16BrF5. The fourth-order valence-electron chi connectivity index (χ4n) is 5.05. The lowest BCUT2D eigenvalue weighted by Gasteiger charge is -2.64. The summed E-state index contributed by atoms with van der Waals surface area (Å²) in [4.78, 5) is -1.23. The Labute approximate surface area is 117 Å². The first-order chi connectivity index (χ1) is 8.44. The van der Waals surface area contributed by atoms with Crippen LogP contribution in [0.25, 0.3) is 0 Å². The monoisotopic (exact) mass is 346 g/mol. The highest BCUT2D eigenvalue weighted by molar-refractivity contribution is 9.09. The summed E-state index contributed by atoms with van der Waals surface area (Å²) in [6.07, 6.45) is -2.58. The summed E-state index contributed by atoms with van der Waals surface area (Å²) in [6, 6.07) is 0. The van der Waals surface area contributed by atoms with E-state index < -0.39 is 71.7 Å². The zero-order valence-electron chi connectivity index (χ0n) is 10.6. The molecule has 4 fully saturated rings. The maximum atomic E-state index is 14.6. The van der Waals surface area contributed by atoms with Crippen LogP contribution < -0.4 is 0 Å². The molecule has 1 atom stereocenters. The predicted octanol–water partition coefficient (Wildman–Crippen LogP) is 4.90. The van der Waals surface area contributed by atoms with E-state index in [-0.39, 0.29) is 0 Å². The Kier molecular flexibility index (Phi) is 2.58. The normalized spacial score (nSPS) is 54.5. The molecular weight excluding hydrogens is 331 g/mol. The van der Waals surface area contributed by atoms with E-state index in [0.717, 1.165) is 0 Å². The van der Waals surface area contributed by atoms with Crippen molar-refractivity contribution in [2.24, 2.45) is 5.41 Å². The minimum Gasteiger partial charge on any atom is -0.244 e. The van der Waals surface area contributed by atoms with Crippen molar-refractivity contribution < 1.29 is 22.0 Å². The maximum absolute atomic E-state index is 14.6. The molecule has 4 rings (SSSR count). The Balaban J connectivity index is 2.09. The fraction of sp³-hybridized carbons (Fsp3) is 1.00. The highest BCUT2D eigenvalue weighted by Gasteiger charge is 2.76. The van der Waals surface area contributed by atoms with E-state index in [1.807, 2.05) is 0 Å². The molecule has 0 amide bonds. The molecule has 0 aliphatic heterocycles. The standard InChI is InChI=1S/C13H16BrF5/c1-8(14)13(18,19)9-2-10(15)5-11(16,3-9)7-12(17,4-9)6-10/h8H,2-7H2,1H3. The molecule has 6 heteroatoms. The second-order valence-electron chi connectivity index (χ2n) is 7.03. The van der Waals surface area contributed by atoms with Crippen LogP contribution in [0.3, 0.4) is 0 Å². The molecule has 0 radical (unpaired) electrons. The van der Waals surface area contributed by atoms with E-state index in [9.17, 15) is 22.0 Å². The average molecular weight is 347 g/mol. The summed E-state index contributed by atoms with van der Waals surface area (Å²) in [5, 5.41) is 0. The molecule has 0 spiro atoms. The van der Waals surface area contributed by atoms with Gasteiger partial charge in [-0.25, -0.2) is 22.0 Å². The van der Waals surface area contributed by atoms with Crippen LogP contribution in [0.15, 0.2) is 0 Å². The van der Waals surface area contributed by atoms with Gasteiger partial charge in [0.2, 0.25) is 0 Å². The van der Waals surface area contributed by atoms with E-state index in [2.05, 4.69) is 15.9 Å². The number of hydrogen-bond acceptors (Lipinski definition) is 0. The lowest BCUT2D eigenvalue weighted by Crippen LogP contribution is -2.70. The molecule has 110 valence electrons. The van der Waals surface area contributed by atoms with Gasteiger partial charge in [0, 0.05) is 24.7 Å². The second-order valence-corrected chi connectivity index (χ2v) is 8.41. The van der Waals surface area contributed by atoms with Crippen molar-refractivity contribution in [1.29, 1.82) is 0 Å². The third-order valence-electron chi connectivity index (χ3n) is 5.07. The van der Waals surface area contributed by atoms with Gasteiger partial charge in [0.25, 0.3) is 5.92 Å². The lowest BCUT2D eigenvalue weighted by molar-refractivity contribution is -0.278. The predicted molar refractivity (Wildman–Crippen MR) is 65.0 cm³/mol. The summed E-state index contributed by atoms with van der Waals surface area (Å²) in [5.74, 6) is -3.32.